The molecular formula is C16H22N2O2. The Balaban J connectivity index is 1.59. The number of carbonyl (C=O) groups is 1. The molecule has 1 fully saturated rings. The Kier molecular flexibility index (Phi) is 4.03. The maximum atomic E-state index is 12.4. The highest BCUT2D eigenvalue weighted by molar-refractivity contribution is 5.84. The minimum Gasteiger partial charge on any atom is -0.378 e. The zero-order valence-electron chi connectivity index (χ0n) is 11.9. The summed E-state index contributed by atoms with van der Waals surface area (Å²) in [6.07, 6.45) is 3.20. The topological polar surface area (TPSA) is 50.4 Å². The number of hydrogen-bond donors (Lipinski definition) is 2. The molecule has 108 valence electrons. The Bertz CT molecular complexity index is 483. The molecule has 4 heteroatoms. The third-order valence-electron chi connectivity index (χ3n) is 4.21. The third-order valence-corrected chi connectivity index (χ3v) is 4.21. The first-order chi connectivity index (χ1) is 9.78. The summed E-state index contributed by atoms with van der Waals surface area (Å²) in [6.45, 7) is 3.62. The van der Waals surface area contributed by atoms with Crippen LogP contribution >= 0.6 is 0 Å². The van der Waals surface area contributed by atoms with Gasteiger partial charge in [-0.15, -0.1) is 0 Å². The van der Waals surface area contributed by atoms with Crippen molar-refractivity contribution in [2.75, 3.05) is 13.2 Å². The van der Waals surface area contributed by atoms with Crippen LogP contribution in [0, 0.1) is 0 Å². The average molecular weight is 274 g/mol. The highest BCUT2D eigenvalue weighted by Crippen LogP contribution is 2.26. The molecule has 1 aromatic rings. The van der Waals surface area contributed by atoms with Gasteiger partial charge in [0.1, 0.15) is 6.04 Å². The summed E-state index contributed by atoms with van der Waals surface area (Å²) in [5, 5.41) is 6.46. The summed E-state index contributed by atoms with van der Waals surface area (Å²) < 4.78 is 5.52. The first kappa shape index (κ1) is 13.6. The Labute approximate surface area is 119 Å². The molecule has 3 rings (SSSR count). The fraction of sp³-hybridized carbons (Fsp3) is 0.562. The quantitative estimate of drug-likeness (QED) is 0.876. The van der Waals surface area contributed by atoms with Crippen LogP contribution in [0.5, 0.6) is 0 Å². The van der Waals surface area contributed by atoms with Gasteiger partial charge in [-0.2, -0.15) is 0 Å². The van der Waals surface area contributed by atoms with E-state index in [2.05, 4.69) is 22.8 Å². The van der Waals surface area contributed by atoms with Gasteiger partial charge in [0.15, 0.2) is 0 Å². The number of benzene rings is 1. The molecule has 0 spiro atoms. The van der Waals surface area contributed by atoms with Gasteiger partial charge in [0, 0.05) is 19.2 Å². The van der Waals surface area contributed by atoms with E-state index in [4.69, 9.17) is 4.74 Å². The Morgan fingerprint density at radius 2 is 2.20 bits per heavy atom. The molecule has 20 heavy (non-hydrogen) atoms. The number of fused-ring (bicyclic) bond motifs is 1. The number of nitrogens with one attached hydrogen (secondary N) is 2. The van der Waals surface area contributed by atoms with Gasteiger partial charge in [-0.05, 0) is 37.3 Å². The van der Waals surface area contributed by atoms with Crippen LogP contribution in [0.2, 0.25) is 0 Å². The number of ether oxygens (including phenoxy) is 1. The van der Waals surface area contributed by atoms with Crippen LogP contribution in [0.4, 0.5) is 0 Å². The van der Waals surface area contributed by atoms with Gasteiger partial charge in [-0.1, -0.05) is 24.3 Å². The predicted molar refractivity (Wildman–Crippen MR) is 77.5 cm³/mol. The maximum absolute atomic E-state index is 12.4. The summed E-state index contributed by atoms with van der Waals surface area (Å²) in [5.41, 5.74) is 2.41. The van der Waals surface area contributed by atoms with Crippen molar-refractivity contribution >= 4 is 5.91 Å². The molecule has 1 aromatic carbocycles. The average Bonchev–Trinajstić information content (AvgIpc) is 2.44. The lowest BCUT2D eigenvalue weighted by Crippen LogP contribution is -2.51. The van der Waals surface area contributed by atoms with Crippen LogP contribution in [0.1, 0.15) is 36.9 Å². The smallest absolute Gasteiger partial charge is 0.241 e. The molecule has 2 N–H and O–H groups in total. The van der Waals surface area contributed by atoms with E-state index in [-0.39, 0.29) is 18.0 Å². The lowest BCUT2D eigenvalue weighted by molar-refractivity contribution is -0.126. The number of rotatable bonds is 4. The predicted octanol–water partition coefficient (Wildman–Crippen LogP) is 1.56. The maximum Gasteiger partial charge on any atom is 0.241 e. The van der Waals surface area contributed by atoms with Gasteiger partial charge in [0.25, 0.3) is 0 Å². The van der Waals surface area contributed by atoms with Crippen LogP contribution in [0.25, 0.3) is 0 Å². The Morgan fingerprint density at radius 1 is 1.40 bits per heavy atom. The largest absolute Gasteiger partial charge is 0.378 e. The summed E-state index contributed by atoms with van der Waals surface area (Å²) >= 11 is 0. The second-order valence-electron chi connectivity index (χ2n) is 5.59. The monoisotopic (exact) mass is 274 g/mol. The fourth-order valence-electron chi connectivity index (χ4n) is 3.08. The molecule has 1 amide bonds. The fourth-order valence-corrected chi connectivity index (χ4v) is 3.08. The van der Waals surface area contributed by atoms with Gasteiger partial charge in [0.05, 0.1) is 6.10 Å². The zero-order valence-corrected chi connectivity index (χ0v) is 11.9. The van der Waals surface area contributed by atoms with E-state index in [1.165, 1.54) is 5.56 Å². The summed E-state index contributed by atoms with van der Waals surface area (Å²) in [7, 11) is 0. The van der Waals surface area contributed by atoms with E-state index in [1.54, 1.807) is 0 Å². The molecule has 4 nitrogen and oxygen atoms in total. The van der Waals surface area contributed by atoms with Gasteiger partial charge >= 0.3 is 0 Å². The summed E-state index contributed by atoms with van der Waals surface area (Å²) in [4.78, 5) is 12.4. The van der Waals surface area contributed by atoms with Crippen molar-refractivity contribution in [3.63, 3.8) is 0 Å². The van der Waals surface area contributed by atoms with Gasteiger partial charge in [0.2, 0.25) is 5.91 Å². The first-order valence-corrected chi connectivity index (χ1v) is 7.51. The second kappa shape index (κ2) is 5.94. The molecule has 1 atom stereocenters. The van der Waals surface area contributed by atoms with Crippen molar-refractivity contribution in [3.8, 4) is 0 Å². The molecular weight excluding hydrogens is 252 g/mol. The van der Waals surface area contributed by atoms with Crippen LogP contribution in [0.3, 0.4) is 0 Å². The SMILES string of the molecule is CCOC1CC(NC(=O)C2NCCc3ccccc32)C1. The van der Waals surface area contributed by atoms with Crippen molar-refractivity contribution in [2.24, 2.45) is 0 Å². The molecule has 0 aromatic heterocycles. The second-order valence-corrected chi connectivity index (χ2v) is 5.59. The van der Waals surface area contributed by atoms with Crippen LogP contribution in [0.15, 0.2) is 24.3 Å². The third kappa shape index (κ3) is 2.72. The van der Waals surface area contributed by atoms with Crippen molar-refractivity contribution in [1.29, 1.82) is 0 Å². The highest BCUT2D eigenvalue weighted by Gasteiger charge is 2.33. The molecule has 1 aliphatic heterocycles. The van der Waals surface area contributed by atoms with E-state index in [0.717, 1.165) is 38.0 Å². The van der Waals surface area contributed by atoms with Crippen molar-refractivity contribution in [3.05, 3.63) is 35.4 Å². The number of hydrogen-bond acceptors (Lipinski definition) is 3. The van der Waals surface area contributed by atoms with Crippen LogP contribution < -0.4 is 10.6 Å². The highest BCUT2D eigenvalue weighted by atomic mass is 16.5. The number of carbonyl (C=O) groups excluding carboxylic acids is 1. The molecule has 1 unspecified atom stereocenters. The zero-order chi connectivity index (χ0) is 13.9. The van der Waals surface area contributed by atoms with Gasteiger partial charge in [-0.25, -0.2) is 0 Å². The van der Waals surface area contributed by atoms with E-state index in [9.17, 15) is 4.79 Å². The lowest BCUT2D eigenvalue weighted by Gasteiger charge is -2.37. The van der Waals surface area contributed by atoms with Crippen LogP contribution in [-0.2, 0) is 16.0 Å². The molecule has 0 saturated heterocycles. The molecule has 1 heterocycles. The molecule has 0 bridgehead atoms. The van der Waals surface area contributed by atoms with Gasteiger partial charge < -0.3 is 15.4 Å². The Hall–Kier alpha value is -1.39. The number of amides is 1. The first-order valence-electron chi connectivity index (χ1n) is 7.51. The minimum absolute atomic E-state index is 0.0945. The summed E-state index contributed by atoms with van der Waals surface area (Å²) in [6, 6.07) is 8.28. The lowest BCUT2D eigenvalue weighted by atomic mass is 9.88. The van der Waals surface area contributed by atoms with Crippen LogP contribution in [-0.4, -0.2) is 31.2 Å². The van der Waals surface area contributed by atoms with Crippen molar-refractivity contribution in [2.45, 2.75) is 44.4 Å². The van der Waals surface area contributed by atoms with Gasteiger partial charge in [-0.3, -0.25) is 4.79 Å². The van der Waals surface area contributed by atoms with Crippen molar-refractivity contribution < 1.29 is 9.53 Å². The minimum atomic E-state index is -0.203. The molecule has 1 aliphatic carbocycles. The molecule has 2 aliphatic rings. The standard InChI is InChI=1S/C16H22N2O2/c1-2-20-13-9-12(10-13)18-16(19)15-14-6-4-3-5-11(14)7-8-17-15/h3-6,12-13,15,17H,2,7-10H2,1H3,(H,18,19). The summed E-state index contributed by atoms with van der Waals surface area (Å²) in [5.74, 6) is 0.0945. The molecule has 0 radical (unpaired) electrons. The van der Waals surface area contributed by atoms with E-state index in [1.807, 2.05) is 19.1 Å². The normalized spacial score (nSPS) is 28.4. The van der Waals surface area contributed by atoms with E-state index >= 15 is 0 Å². The van der Waals surface area contributed by atoms with E-state index < -0.39 is 0 Å². The molecule has 1 saturated carbocycles. The van der Waals surface area contributed by atoms with E-state index in [0.29, 0.717) is 6.10 Å². The van der Waals surface area contributed by atoms with Crippen molar-refractivity contribution in [1.82, 2.24) is 10.6 Å². The Morgan fingerprint density at radius 3 is 3.00 bits per heavy atom.